The molecule has 79 heavy (non-hydrogen) atoms. The molecule has 0 aliphatic rings. The summed E-state index contributed by atoms with van der Waals surface area (Å²) in [5.74, 6) is -0.00103. The van der Waals surface area contributed by atoms with Crippen molar-refractivity contribution in [1.82, 2.24) is 5.32 Å². The molecule has 472 valence electrons. The molecule has 0 fully saturated rings. The minimum atomic E-state index is -0.659. The van der Waals surface area contributed by atoms with Crippen molar-refractivity contribution in [2.45, 2.75) is 443 Å². The highest BCUT2D eigenvalue weighted by molar-refractivity contribution is 5.76. The maximum absolute atomic E-state index is 12.5. The monoisotopic (exact) mass is 1120 g/mol. The zero-order chi connectivity index (χ0) is 57.1. The minimum Gasteiger partial charge on any atom is -0.466 e. The SMILES string of the molecule is CCCCCCCCCCCCCCCCCC(O)C(CO)NC(=O)CCCCCCCCCCCCCCCCCCCCCCCCCCCCCCCCCCCOC(=O)CCCCCCCCCCCCCCCC. The molecule has 0 aromatic heterocycles. The van der Waals surface area contributed by atoms with Crippen molar-refractivity contribution in [3.63, 3.8) is 0 Å². The van der Waals surface area contributed by atoms with Gasteiger partial charge in [0.2, 0.25) is 5.91 Å². The van der Waals surface area contributed by atoms with Crippen LogP contribution >= 0.6 is 0 Å². The highest BCUT2D eigenvalue weighted by atomic mass is 16.5. The zero-order valence-corrected chi connectivity index (χ0v) is 54.2. The van der Waals surface area contributed by atoms with Gasteiger partial charge in [-0.2, -0.15) is 0 Å². The first-order chi connectivity index (χ1) is 39.0. The van der Waals surface area contributed by atoms with E-state index in [1.54, 1.807) is 0 Å². The second-order valence-corrected chi connectivity index (χ2v) is 25.6. The summed E-state index contributed by atoms with van der Waals surface area (Å²) in [5, 5.41) is 23.3. The number of esters is 1. The van der Waals surface area contributed by atoms with E-state index in [0.717, 1.165) is 38.5 Å². The third kappa shape index (κ3) is 65.9. The maximum Gasteiger partial charge on any atom is 0.305 e. The van der Waals surface area contributed by atoms with E-state index in [4.69, 9.17) is 4.74 Å². The van der Waals surface area contributed by atoms with Crippen molar-refractivity contribution in [2.24, 2.45) is 0 Å². The molecule has 0 spiro atoms. The Balaban J connectivity index is 3.29. The third-order valence-electron chi connectivity index (χ3n) is 17.7. The van der Waals surface area contributed by atoms with Crippen LogP contribution in [0.5, 0.6) is 0 Å². The fourth-order valence-corrected chi connectivity index (χ4v) is 12.1. The average molecular weight is 1120 g/mol. The summed E-state index contributed by atoms with van der Waals surface area (Å²) in [5.41, 5.74) is 0. The Kier molecular flexibility index (Phi) is 68.4. The van der Waals surface area contributed by atoms with E-state index in [-0.39, 0.29) is 18.5 Å². The Morgan fingerprint density at radius 1 is 0.304 bits per heavy atom. The molecule has 6 nitrogen and oxygen atoms in total. The molecule has 1 amide bonds. The third-order valence-corrected chi connectivity index (χ3v) is 17.7. The van der Waals surface area contributed by atoms with Gasteiger partial charge in [0.15, 0.2) is 0 Å². The molecule has 0 radical (unpaired) electrons. The Morgan fingerprint density at radius 3 is 0.772 bits per heavy atom. The number of rotatable bonds is 70. The normalized spacial score (nSPS) is 12.4. The summed E-state index contributed by atoms with van der Waals surface area (Å²) < 4.78 is 5.50. The lowest BCUT2D eigenvalue weighted by Gasteiger charge is -2.22. The van der Waals surface area contributed by atoms with E-state index < -0.39 is 12.1 Å². The van der Waals surface area contributed by atoms with Gasteiger partial charge >= 0.3 is 5.97 Å². The van der Waals surface area contributed by atoms with Gasteiger partial charge in [0.1, 0.15) is 0 Å². The summed E-state index contributed by atoms with van der Waals surface area (Å²) in [6, 6.07) is -0.536. The Morgan fingerprint density at radius 2 is 0.519 bits per heavy atom. The van der Waals surface area contributed by atoms with E-state index in [1.807, 2.05) is 0 Å². The minimum absolute atomic E-state index is 0.0252. The molecule has 2 atom stereocenters. The topological polar surface area (TPSA) is 95.9 Å². The van der Waals surface area contributed by atoms with Crippen LogP contribution in [0.1, 0.15) is 431 Å². The van der Waals surface area contributed by atoms with Gasteiger partial charge in [-0.1, -0.05) is 393 Å². The van der Waals surface area contributed by atoms with Crippen molar-refractivity contribution in [3.05, 3.63) is 0 Å². The number of nitrogens with one attached hydrogen (secondary N) is 1. The Hall–Kier alpha value is -1.14. The van der Waals surface area contributed by atoms with Crippen LogP contribution in [-0.2, 0) is 14.3 Å². The van der Waals surface area contributed by atoms with Crippen LogP contribution in [0.25, 0.3) is 0 Å². The molecule has 0 bridgehead atoms. The number of hydrogen-bond acceptors (Lipinski definition) is 5. The molecule has 0 aliphatic carbocycles. The number of ether oxygens (including phenoxy) is 1. The van der Waals surface area contributed by atoms with Crippen LogP contribution in [0.2, 0.25) is 0 Å². The van der Waals surface area contributed by atoms with Crippen LogP contribution in [0.3, 0.4) is 0 Å². The molecule has 0 aromatic carbocycles. The molecule has 0 heterocycles. The van der Waals surface area contributed by atoms with Crippen molar-refractivity contribution in [1.29, 1.82) is 0 Å². The standard InChI is InChI=1S/C73H145NO5/c1-3-5-7-9-11-13-15-17-38-41-45-49-53-57-61-65-71(76)70(69-75)74-72(77)66-62-58-54-50-46-42-39-36-34-32-30-28-26-24-22-20-19-21-23-25-27-29-31-33-35-37-40-44-48-52-56-60-64-68-79-73(78)67-63-59-55-51-47-43-18-16-14-12-10-8-6-4-2/h70-71,75-76H,3-69H2,1-2H3,(H,74,77). The van der Waals surface area contributed by atoms with E-state index in [9.17, 15) is 19.8 Å². The second-order valence-electron chi connectivity index (χ2n) is 25.6. The average Bonchev–Trinajstić information content (AvgIpc) is 3.45. The van der Waals surface area contributed by atoms with Crippen molar-refractivity contribution < 1.29 is 24.5 Å². The highest BCUT2D eigenvalue weighted by Gasteiger charge is 2.20. The summed E-state index contributed by atoms with van der Waals surface area (Å²) >= 11 is 0. The van der Waals surface area contributed by atoms with Crippen LogP contribution in [0.15, 0.2) is 0 Å². The number of carbonyl (C=O) groups excluding carboxylic acids is 2. The first-order valence-corrected chi connectivity index (χ1v) is 36.8. The zero-order valence-electron chi connectivity index (χ0n) is 54.2. The molecule has 0 saturated carbocycles. The van der Waals surface area contributed by atoms with E-state index in [1.165, 1.54) is 360 Å². The van der Waals surface area contributed by atoms with Gasteiger partial charge in [0.25, 0.3) is 0 Å². The summed E-state index contributed by atoms with van der Waals surface area (Å²) in [7, 11) is 0. The lowest BCUT2D eigenvalue weighted by Crippen LogP contribution is -2.45. The molecule has 0 aliphatic heterocycles. The summed E-state index contributed by atoms with van der Waals surface area (Å²) in [6.07, 6.45) is 84.6. The van der Waals surface area contributed by atoms with Gasteiger partial charge in [-0.15, -0.1) is 0 Å². The van der Waals surface area contributed by atoms with Gasteiger partial charge in [-0.05, 0) is 25.7 Å². The Bertz CT molecular complexity index is 1150. The first-order valence-electron chi connectivity index (χ1n) is 36.8. The molecule has 0 rings (SSSR count). The second kappa shape index (κ2) is 69.4. The van der Waals surface area contributed by atoms with Crippen molar-refractivity contribution >= 4 is 11.9 Å². The lowest BCUT2D eigenvalue weighted by molar-refractivity contribution is -0.143. The number of aliphatic hydroxyl groups excluding tert-OH is 2. The van der Waals surface area contributed by atoms with Gasteiger partial charge in [-0.3, -0.25) is 9.59 Å². The predicted molar refractivity (Wildman–Crippen MR) is 347 cm³/mol. The number of aliphatic hydroxyl groups is 2. The quantitative estimate of drug-likeness (QED) is 0.0417. The number of amides is 1. The van der Waals surface area contributed by atoms with Gasteiger partial charge in [0, 0.05) is 12.8 Å². The molecule has 0 aromatic rings. The fourth-order valence-electron chi connectivity index (χ4n) is 12.1. The van der Waals surface area contributed by atoms with Crippen LogP contribution in [0, 0.1) is 0 Å². The smallest absolute Gasteiger partial charge is 0.305 e. The number of carbonyl (C=O) groups is 2. The van der Waals surface area contributed by atoms with Crippen LogP contribution in [-0.4, -0.2) is 47.4 Å². The molecule has 3 N–H and O–H groups in total. The van der Waals surface area contributed by atoms with Crippen LogP contribution in [0.4, 0.5) is 0 Å². The van der Waals surface area contributed by atoms with E-state index >= 15 is 0 Å². The van der Waals surface area contributed by atoms with Gasteiger partial charge < -0.3 is 20.3 Å². The van der Waals surface area contributed by atoms with E-state index in [2.05, 4.69) is 19.2 Å². The number of hydrogen-bond donors (Lipinski definition) is 3. The van der Waals surface area contributed by atoms with Crippen LogP contribution < -0.4 is 5.32 Å². The lowest BCUT2D eigenvalue weighted by atomic mass is 10.0. The highest BCUT2D eigenvalue weighted by Crippen LogP contribution is 2.20. The molecular formula is C73H145NO5. The molecule has 0 saturated heterocycles. The molecular weight excluding hydrogens is 971 g/mol. The molecule has 6 heteroatoms. The predicted octanol–water partition coefficient (Wildman–Crippen LogP) is 23.8. The van der Waals surface area contributed by atoms with Crippen molar-refractivity contribution in [2.75, 3.05) is 13.2 Å². The Labute approximate surface area is 496 Å². The summed E-state index contributed by atoms with van der Waals surface area (Å²) in [4.78, 5) is 24.6. The van der Waals surface area contributed by atoms with Crippen molar-refractivity contribution in [3.8, 4) is 0 Å². The summed E-state index contributed by atoms with van der Waals surface area (Å²) in [6.45, 7) is 5.00. The largest absolute Gasteiger partial charge is 0.466 e. The fraction of sp³-hybridized carbons (Fsp3) is 0.973. The number of unbranched alkanes of at least 4 members (excludes halogenated alkanes) is 59. The molecule has 2 unspecified atom stereocenters. The van der Waals surface area contributed by atoms with Gasteiger partial charge in [0.05, 0.1) is 25.4 Å². The van der Waals surface area contributed by atoms with E-state index in [0.29, 0.717) is 25.9 Å². The first kappa shape index (κ1) is 77.9. The van der Waals surface area contributed by atoms with Gasteiger partial charge in [-0.25, -0.2) is 0 Å². The maximum atomic E-state index is 12.5.